The normalized spacial score (nSPS) is 15.8. The van der Waals surface area contributed by atoms with Crippen molar-refractivity contribution in [3.63, 3.8) is 0 Å². The van der Waals surface area contributed by atoms with Gasteiger partial charge in [-0.3, -0.25) is 24.5 Å². The zero-order valence-corrected chi connectivity index (χ0v) is 18.1. The standard InChI is InChI=1S/C24H26N2O6/c1-3-32-20-12-15(9-11-19(20)31-2)18(13-21(27)25-30)26-23(28)17-10-8-14-6-4-5-7-16(14)22(17)24(26)29/h8-12,18,30H,3-7,13H2,1-2H3,(H,25,27). The fourth-order valence-electron chi connectivity index (χ4n) is 4.62. The SMILES string of the molecule is CCOc1cc(C(CC(=O)NO)N2C(=O)c3ccc4c(c3C2=O)CCCC4)ccc1OC. The Morgan fingerprint density at radius 2 is 1.91 bits per heavy atom. The van der Waals surface area contributed by atoms with Crippen molar-refractivity contribution in [2.24, 2.45) is 0 Å². The van der Waals surface area contributed by atoms with Gasteiger partial charge in [0, 0.05) is 0 Å². The second kappa shape index (κ2) is 9.00. The Balaban J connectivity index is 1.79. The van der Waals surface area contributed by atoms with Crippen LogP contribution < -0.4 is 15.0 Å². The van der Waals surface area contributed by atoms with Crippen LogP contribution in [0.4, 0.5) is 0 Å². The average molecular weight is 438 g/mol. The van der Waals surface area contributed by atoms with Gasteiger partial charge in [0.15, 0.2) is 11.5 Å². The fourth-order valence-corrected chi connectivity index (χ4v) is 4.62. The van der Waals surface area contributed by atoms with E-state index < -0.39 is 23.8 Å². The minimum atomic E-state index is -0.918. The average Bonchev–Trinajstić information content (AvgIpc) is 3.07. The summed E-state index contributed by atoms with van der Waals surface area (Å²) in [5.74, 6) is -0.619. The number of methoxy groups -OCH3 is 1. The molecule has 0 aromatic heterocycles. The minimum absolute atomic E-state index is 0.290. The predicted molar refractivity (Wildman–Crippen MR) is 115 cm³/mol. The van der Waals surface area contributed by atoms with Crippen molar-refractivity contribution in [3.05, 3.63) is 58.1 Å². The molecular weight excluding hydrogens is 412 g/mol. The Labute approximate surface area is 186 Å². The molecule has 4 rings (SSSR count). The van der Waals surface area contributed by atoms with Gasteiger partial charge in [0.2, 0.25) is 5.91 Å². The van der Waals surface area contributed by atoms with E-state index in [4.69, 9.17) is 14.7 Å². The van der Waals surface area contributed by atoms with E-state index in [0.29, 0.717) is 34.8 Å². The van der Waals surface area contributed by atoms with Gasteiger partial charge < -0.3 is 9.47 Å². The topological polar surface area (TPSA) is 105 Å². The van der Waals surface area contributed by atoms with Crippen LogP contribution in [0.5, 0.6) is 11.5 Å². The van der Waals surface area contributed by atoms with Gasteiger partial charge >= 0.3 is 0 Å². The summed E-state index contributed by atoms with van der Waals surface area (Å²) in [6, 6.07) is 7.75. The number of hydrogen-bond acceptors (Lipinski definition) is 6. The molecule has 0 bridgehead atoms. The Hall–Kier alpha value is -3.39. The molecule has 0 fully saturated rings. The molecule has 1 unspecified atom stereocenters. The van der Waals surface area contributed by atoms with Gasteiger partial charge in [0.25, 0.3) is 11.8 Å². The zero-order valence-electron chi connectivity index (χ0n) is 18.1. The molecule has 168 valence electrons. The summed E-state index contributed by atoms with van der Waals surface area (Å²) in [4.78, 5) is 40.2. The summed E-state index contributed by atoms with van der Waals surface area (Å²) < 4.78 is 11.0. The van der Waals surface area contributed by atoms with Crippen molar-refractivity contribution in [2.75, 3.05) is 13.7 Å². The molecule has 2 aromatic rings. The quantitative estimate of drug-likeness (QED) is 0.391. The number of nitrogens with zero attached hydrogens (tertiary/aromatic N) is 1. The number of nitrogens with one attached hydrogen (secondary N) is 1. The Morgan fingerprint density at radius 1 is 1.12 bits per heavy atom. The van der Waals surface area contributed by atoms with Crippen molar-refractivity contribution in [3.8, 4) is 11.5 Å². The van der Waals surface area contributed by atoms with Gasteiger partial charge in [-0.15, -0.1) is 0 Å². The molecule has 3 amide bonds. The molecule has 1 heterocycles. The lowest BCUT2D eigenvalue weighted by Gasteiger charge is -2.27. The maximum absolute atomic E-state index is 13.6. The molecule has 2 aromatic carbocycles. The summed E-state index contributed by atoms with van der Waals surface area (Å²) in [5.41, 5.74) is 4.98. The number of fused-ring (bicyclic) bond motifs is 3. The number of aryl methyl sites for hydroxylation is 1. The van der Waals surface area contributed by atoms with Gasteiger partial charge in [-0.25, -0.2) is 5.48 Å². The van der Waals surface area contributed by atoms with Crippen LogP contribution >= 0.6 is 0 Å². The first kappa shape index (κ1) is 21.8. The first-order valence-corrected chi connectivity index (χ1v) is 10.8. The fraction of sp³-hybridized carbons (Fsp3) is 0.375. The number of rotatable bonds is 7. The zero-order chi connectivity index (χ0) is 22.8. The number of hydrogen-bond donors (Lipinski definition) is 2. The molecule has 8 nitrogen and oxygen atoms in total. The Morgan fingerprint density at radius 3 is 2.62 bits per heavy atom. The molecule has 0 radical (unpaired) electrons. The summed E-state index contributed by atoms with van der Waals surface area (Å²) in [6.45, 7) is 2.22. The van der Waals surface area contributed by atoms with Crippen LogP contribution in [-0.4, -0.2) is 41.5 Å². The van der Waals surface area contributed by atoms with E-state index in [0.717, 1.165) is 41.7 Å². The molecular formula is C24H26N2O6. The van der Waals surface area contributed by atoms with Crippen LogP contribution in [0.15, 0.2) is 30.3 Å². The summed E-state index contributed by atoms with van der Waals surface area (Å²) in [7, 11) is 1.52. The van der Waals surface area contributed by atoms with E-state index >= 15 is 0 Å². The van der Waals surface area contributed by atoms with Gasteiger partial charge in [0.1, 0.15) is 0 Å². The third-order valence-corrected chi connectivity index (χ3v) is 6.10. The number of carbonyl (C=O) groups is 3. The molecule has 32 heavy (non-hydrogen) atoms. The van der Waals surface area contributed by atoms with Crippen LogP contribution in [0, 0.1) is 0 Å². The van der Waals surface area contributed by atoms with Crippen molar-refractivity contribution in [2.45, 2.75) is 45.1 Å². The molecule has 1 aliphatic carbocycles. The molecule has 2 aliphatic rings. The van der Waals surface area contributed by atoms with Gasteiger partial charge in [-0.2, -0.15) is 0 Å². The van der Waals surface area contributed by atoms with E-state index in [1.807, 2.05) is 13.0 Å². The van der Waals surface area contributed by atoms with Crippen LogP contribution in [-0.2, 0) is 17.6 Å². The summed E-state index contributed by atoms with van der Waals surface area (Å²) in [5, 5.41) is 9.13. The number of imide groups is 1. The van der Waals surface area contributed by atoms with Crippen molar-refractivity contribution < 1.29 is 29.1 Å². The van der Waals surface area contributed by atoms with Gasteiger partial charge in [0.05, 0.1) is 37.3 Å². The molecule has 0 spiro atoms. The van der Waals surface area contributed by atoms with Crippen LogP contribution in [0.25, 0.3) is 0 Å². The van der Waals surface area contributed by atoms with E-state index in [2.05, 4.69) is 0 Å². The van der Waals surface area contributed by atoms with Crippen LogP contribution in [0.3, 0.4) is 0 Å². The summed E-state index contributed by atoms with van der Waals surface area (Å²) in [6.07, 6.45) is 3.38. The monoisotopic (exact) mass is 438 g/mol. The van der Waals surface area contributed by atoms with E-state index in [1.165, 1.54) is 7.11 Å². The molecule has 1 aliphatic heterocycles. The highest BCUT2D eigenvalue weighted by Crippen LogP contribution is 2.40. The number of amides is 3. The highest BCUT2D eigenvalue weighted by atomic mass is 16.5. The van der Waals surface area contributed by atoms with Crippen molar-refractivity contribution in [1.29, 1.82) is 0 Å². The van der Waals surface area contributed by atoms with E-state index in [1.54, 1.807) is 29.7 Å². The van der Waals surface area contributed by atoms with Crippen LogP contribution in [0.1, 0.15) is 69.6 Å². The smallest absolute Gasteiger partial charge is 0.262 e. The number of hydroxylamine groups is 1. The van der Waals surface area contributed by atoms with E-state index in [9.17, 15) is 14.4 Å². The van der Waals surface area contributed by atoms with E-state index in [-0.39, 0.29) is 6.42 Å². The van der Waals surface area contributed by atoms with Crippen molar-refractivity contribution >= 4 is 17.7 Å². The molecule has 0 saturated heterocycles. The first-order valence-electron chi connectivity index (χ1n) is 10.8. The number of benzene rings is 2. The second-order valence-electron chi connectivity index (χ2n) is 7.91. The summed E-state index contributed by atoms with van der Waals surface area (Å²) >= 11 is 0. The Bertz CT molecular complexity index is 1080. The number of ether oxygens (including phenoxy) is 2. The highest BCUT2D eigenvalue weighted by Gasteiger charge is 2.43. The largest absolute Gasteiger partial charge is 0.493 e. The molecule has 8 heteroatoms. The van der Waals surface area contributed by atoms with Gasteiger partial charge in [-0.1, -0.05) is 12.1 Å². The Kier molecular flexibility index (Phi) is 6.14. The van der Waals surface area contributed by atoms with Crippen molar-refractivity contribution in [1.82, 2.24) is 10.4 Å². The maximum atomic E-state index is 13.6. The first-order chi connectivity index (χ1) is 15.5. The van der Waals surface area contributed by atoms with Crippen LogP contribution in [0.2, 0.25) is 0 Å². The third-order valence-electron chi connectivity index (χ3n) is 6.10. The molecule has 0 saturated carbocycles. The lowest BCUT2D eigenvalue weighted by Crippen LogP contribution is -2.37. The lowest BCUT2D eigenvalue weighted by atomic mass is 9.86. The predicted octanol–water partition coefficient (Wildman–Crippen LogP) is 3.21. The second-order valence-corrected chi connectivity index (χ2v) is 7.91. The third kappa shape index (κ3) is 3.71. The minimum Gasteiger partial charge on any atom is -0.493 e. The highest BCUT2D eigenvalue weighted by molar-refractivity contribution is 6.22. The molecule has 1 atom stereocenters. The van der Waals surface area contributed by atoms with Gasteiger partial charge in [-0.05, 0) is 67.5 Å². The lowest BCUT2D eigenvalue weighted by molar-refractivity contribution is -0.130. The number of carbonyl (C=O) groups excluding carboxylic acids is 3. The molecule has 2 N–H and O–H groups in total. The maximum Gasteiger partial charge on any atom is 0.262 e.